The molecular weight excluding hydrogens is 240 g/mol. The first-order chi connectivity index (χ1) is 6.68. The number of halogens is 1. The van der Waals surface area contributed by atoms with E-state index in [1.54, 1.807) is 0 Å². The van der Waals surface area contributed by atoms with E-state index in [4.69, 9.17) is 0 Å². The van der Waals surface area contributed by atoms with Gasteiger partial charge in [-0.2, -0.15) is 0 Å². The lowest BCUT2D eigenvalue weighted by Gasteiger charge is -2.18. The van der Waals surface area contributed by atoms with Crippen molar-refractivity contribution in [3.05, 3.63) is 22.7 Å². The standard InChI is InChI=1S/C11H15BrN2/c1-7-6-13-10-5-3-4-9(12)11(10)14-8(7)2/h3-5,7-8,13-14H,6H2,1-2H3. The predicted octanol–water partition coefficient (Wildman–Crippen LogP) is 3.31. The van der Waals surface area contributed by atoms with Crippen molar-refractivity contribution >= 4 is 27.3 Å². The van der Waals surface area contributed by atoms with Crippen LogP contribution in [-0.2, 0) is 0 Å². The van der Waals surface area contributed by atoms with Crippen LogP contribution in [0, 0.1) is 5.92 Å². The Kier molecular flexibility index (Phi) is 2.68. The molecule has 1 aromatic carbocycles. The van der Waals surface area contributed by atoms with Gasteiger partial charge >= 0.3 is 0 Å². The smallest absolute Gasteiger partial charge is 0.0722 e. The minimum absolute atomic E-state index is 0.502. The number of rotatable bonds is 0. The molecule has 0 aromatic heterocycles. The fourth-order valence-electron chi connectivity index (χ4n) is 1.64. The molecule has 76 valence electrons. The molecule has 0 saturated carbocycles. The van der Waals surface area contributed by atoms with Crippen molar-refractivity contribution in [3.8, 4) is 0 Å². The minimum atomic E-state index is 0.502. The average molecular weight is 255 g/mol. The minimum Gasteiger partial charge on any atom is -0.383 e. The summed E-state index contributed by atoms with van der Waals surface area (Å²) >= 11 is 3.56. The largest absolute Gasteiger partial charge is 0.383 e. The molecule has 0 aliphatic carbocycles. The summed E-state index contributed by atoms with van der Waals surface area (Å²) in [6, 6.07) is 6.73. The second-order valence-corrected chi connectivity index (χ2v) is 4.81. The van der Waals surface area contributed by atoms with Crippen LogP contribution in [0.1, 0.15) is 13.8 Å². The summed E-state index contributed by atoms with van der Waals surface area (Å²) in [4.78, 5) is 0. The van der Waals surface area contributed by atoms with Crippen LogP contribution in [0.25, 0.3) is 0 Å². The number of benzene rings is 1. The van der Waals surface area contributed by atoms with Gasteiger partial charge in [0.2, 0.25) is 0 Å². The highest BCUT2D eigenvalue weighted by Gasteiger charge is 2.19. The van der Waals surface area contributed by atoms with Gasteiger partial charge in [0, 0.05) is 17.1 Å². The Morgan fingerprint density at radius 1 is 1.36 bits per heavy atom. The highest BCUT2D eigenvalue weighted by atomic mass is 79.9. The molecule has 0 radical (unpaired) electrons. The van der Waals surface area contributed by atoms with E-state index >= 15 is 0 Å². The zero-order valence-corrected chi connectivity index (χ0v) is 10.1. The summed E-state index contributed by atoms with van der Waals surface area (Å²) in [5, 5.41) is 6.98. The van der Waals surface area contributed by atoms with Crippen LogP contribution in [0.3, 0.4) is 0 Å². The van der Waals surface area contributed by atoms with Crippen molar-refractivity contribution in [2.24, 2.45) is 5.92 Å². The number of anilines is 2. The van der Waals surface area contributed by atoms with Crippen LogP contribution in [-0.4, -0.2) is 12.6 Å². The van der Waals surface area contributed by atoms with Gasteiger partial charge in [0.15, 0.2) is 0 Å². The van der Waals surface area contributed by atoms with Gasteiger partial charge in [-0.05, 0) is 40.9 Å². The van der Waals surface area contributed by atoms with Gasteiger partial charge in [0.05, 0.1) is 11.4 Å². The van der Waals surface area contributed by atoms with Crippen molar-refractivity contribution in [3.63, 3.8) is 0 Å². The van der Waals surface area contributed by atoms with Crippen molar-refractivity contribution in [2.75, 3.05) is 17.2 Å². The Hall–Kier alpha value is -0.700. The van der Waals surface area contributed by atoms with E-state index in [1.165, 1.54) is 11.4 Å². The van der Waals surface area contributed by atoms with Crippen molar-refractivity contribution in [1.29, 1.82) is 0 Å². The average Bonchev–Trinajstić information content (AvgIpc) is 2.30. The van der Waals surface area contributed by atoms with E-state index in [9.17, 15) is 0 Å². The molecule has 2 atom stereocenters. The van der Waals surface area contributed by atoms with E-state index in [1.807, 2.05) is 0 Å². The number of hydrogen-bond acceptors (Lipinski definition) is 2. The van der Waals surface area contributed by atoms with Crippen LogP contribution < -0.4 is 10.6 Å². The first-order valence-electron chi connectivity index (χ1n) is 4.97. The zero-order chi connectivity index (χ0) is 10.1. The van der Waals surface area contributed by atoms with Gasteiger partial charge in [-0.3, -0.25) is 0 Å². The Labute approximate surface area is 93.2 Å². The summed E-state index contributed by atoms with van der Waals surface area (Å²) in [5.41, 5.74) is 2.37. The van der Waals surface area contributed by atoms with Crippen LogP contribution in [0.4, 0.5) is 11.4 Å². The highest BCUT2D eigenvalue weighted by Crippen LogP contribution is 2.33. The Morgan fingerprint density at radius 2 is 2.14 bits per heavy atom. The molecule has 0 amide bonds. The monoisotopic (exact) mass is 254 g/mol. The molecule has 1 aliphatic rings. The van der Waals surface area contributed by atoms with E-state index in [2.05, 4.69) is 58.6 Å². The predicted molar refractivity (Wildman–Crippen MR) is 64.9 cm³/mol. The lowest BCUT2D eigenvalue weighted by Crippen LogP contribution is -2.25. The first-order valence-corrected chi connectivity index (χ1v) is 5.76. The SMILES string of the molecule is CC1CNc2cccc(Br)c2NC1C. The normalized spacial score (nSPS) is 25.6. The second kappa shape index (κ2) is 3.81. The number of fused-ring (bicyclic) bond motifs is 1. The summed E-state index contributed by atoms with van der Waals surface area (Å²) in [6.07, 6.45) is 0. The first kappa shape index (κ1) is 9.84. The molecule has 2 N–H and O–H groups in total. The van der Waals surface area contributed by atoms with Crippen molar-refractivity contribution < 1.29 is 0 Å². The molecule has 1 heterocycles. The number of para-hydroxylation sites is 1. The molecule has 0 spiro atoms. The zero-order valence-electron chi connectivity index (χ0n) is 8.47. The molecular formula is C11H15BrN2. The van der Waals surface area contributed by atoms with Crippen LogP contribution in [0.5, 0.6) is 0 Å². The third kappa shape index (κ3) is 1.73. The van der Waals surface area contributed by atoms with Crippen molar-refractivity contribution in [1.82, 2.24) is 0 Å². The Morgan fingerprint density at radius 3 is 2.93 bits per heavy atom. The molecule has 1 aliphatic heterocycles. The molecule has 2 rings (SSSR count). The lowest BCUT2D eigenvalue weighted by atomic mass is 10.0. The molecule has 2 nitrogen and oxygen atoms in total. The maximum atomic E-state index is 3.56. The van der Waals surface area contributed by atoms with Gasteiger partial charge in [0.1, 0.15) is 0 Å². The summed E-state index contributed by atoms with van der Waals surface area (Å²) in [5.74, 6) is 0.634. The highest BCUT2D eigenvalue weighted by molar-refractivity contribution is 9.10. The van der Waals surface area contributed by atoms with E-state index < -0.39 is 0 Å². The summed E-state index contributed by atoms with van der Waals surface area (Å²) in [7, 11) is 0. The maximum Gasteiger partial charge on any atom is 0.0722 e. The maximum absolute atomic E-state index is 3.56. The van der Waals surface area contributed by atoms with E-state index in [0.29, 0.717) is 12.0 Å². The van der Waals surface area contributed by atoms with Gasteiger partial charge in [-0.1, -0.05) is 13.0 Å². The lowest BCUT2D eigenvalue weighted by molar-refractivity contribution is 0.542. The van der Waals surface area contributed by atoms with Crippen LogP contribution in [0.15, 0.2) is 22.7 Å². The van der Waals surface area contributed by atoms with E-state index in [0.717, 1.165) is 11.0 Å². The van der Waals surface area contributed by atoms with Gasteiger partial charge in [0.25, 0.3) is 0 Å². The Balaban J connectivity index is 2.38. The van der Waals surface area contributed by atoms with Crippen molar-refractivity contribution in [2.45, 2.75) is 19.9 Å². The molecule has 0 fully saturated rings. The topological polar surface area (TPSA) is 24.1 Å². The molecule has 0 bridgehead atoms. The third-order valence-corrected chi connectivity index (χ3v) is 3.51. The molecule has 3 heteroatoms. The Bertz CT molecular complexity index is 338. The molecule has 2 unspecified atom stereocenters. The van der Waals surface area contributed by atoms with Crippen LogP contribution in [0.2, 0.25) is 0 Å². The fraction of sp³-hybridized carbons (Fsp3) is 0.455. The summed E-state index contributed by atoms with van der Waals surface area (Å²) in [6.45, 7) is 5.50. The quantitative estimate of drug-likeness (QED) is 0.743. The van der Waals surface area contributed by atoms with E-state index in [-0.39, 0.29) is 0 Å². The summed E-state index contributed by atoms with van der Waals surface area (Å²) < 4.78 is 1.13. The van der Waals surface area contributed by atoms with Gasteiger partial charge in [-0.25, -0.2) is 0 Å². The second-order valence-electron chi connectivity index (χ2n) is 3.95. The molecule has 0 saturated heterocycles. The van der Waals surface area contributed by atoms with Gasteiger partial charge < -0.3 is 10.6 Å². The van der Waals surface area contributed by atoms with Gasteiger partial charge in [-0.15, -0.1) is 0 Å². The molecule has 14 heavy (non-hydrogen) atoms. The number of hydrogen-bond donors (Lipinski definition) is 2. The third-order valence-electron chi connectivity index (χ3n) is 2.85. The number of nitrogens with one attached hydrogen (secondary N) is 2. The molecule has 1 aromatic rings. The fourth-order valence-corrected chi connectivity index (χ4v) is 2.12. The van der Waals surface area contributed by atoms with Crippen LogP contribution >= 0.6 is 15.9 Å².